The van der Waals surface area contributed by atoms with Crippen molar-refractivity contribution in [3.8, 4) is 5.75 Å². The number of hydrogen-bond acceptors (Lipinski definition) is 4. The number of esters is 2. The molecule has 0 aliphatic heterocycles. The SMILES string of the molecule is C=C(C)C(=O)OCC(=O)Oc1c(Cl)cc(Cl)cc1I. The molecule has 7 heteroatoms. The second-order valence-electron chi connectivity index (χ2n) is 3.53. The number of ether oxygens (including phenoxy) is 2. The summed E-state index contributed by atoms with van der Waals surface area (Å²) in [6.07, 6.45) is 0. The minimum Gasteiger partial charge on any atom is -0.450 e. The lowest BCUT2D eigenvalue weighted by molar-refractivity contribution is -0.150. The molecule has 1 rings (SSSR count). The van der Waals surface area contributed by atoms with Gasteiger partial charge in [0.15, 0.2) is 12.4 Å². The van der Waals surface area contributed by atoms with E-state index >= 15 is 0 Å². The Morgan fingerprint density at radius 2 is 2.00 bits per heavy atom. The maximum atomic E-state index is 11.5. The van der Waals surface area contributed by atoms with Crippen molar-refractivity contribution in [2.45, 2.75) is 6.92 Å². The molecule has 0 unspecified atom stereocenters. The minimum atomic E-state index is -0.739. The Morgan fingerprint density at radius 3 is 2.53 bits per heavy atom. The maximum Gasteiger partial charge on any atom is 0.349 e. The summed E-state index contributed by atoms with van der Waals surface area (Å²) in [4.78, 5) is 22.6. The van der Waals surface area contributed by atoms with Gasteiger partial charge in [-0.3, -0.25) is 0 Å². The predicted octanol–water partition coefficient (Wildman–Crippen LogP) is 3.62. The highest BCUT2D eigenvalue weighted by atomic mass is 127. The van der Waals surface area contributed by atoms with Crippen molar-refractivity contribution in [3.63, 3.8) is 0 Å². The van der Waals surface area contributed by atoms with Crippen molar-refractivity contribution in [2.24, 2.45) is 0 Å². The van der Waals surface area contributed by atoms with Crippen LogP contribution in [-0.2, 0) is 14.3 Å². The Hall–Kier alpha value is -0.790. The highest BCUT2D eigenvalue weighted by Gasteiger charge is 2.15. The fourth-order valence-electron chi connectivity index (χ4n) is 1.02. The molecule has 0 saturated carbocycles. The van der Waals surface area contributed by atoms with E-state index in [2.05, 4.69) is 11.3 Å². The van der Waals surface area contributed by atoms with E-state index < -0.39 is 18.5 Å². The first-order valence-electron chi connectivity index (χ1n) is 4.99. The van der Waals surface area contributed by atoms with Crippen LogP contribution in [0.4, 0.5) is 0 Å². The quantitative estimate of drug-likeness (QED) is 0.327. The van der Waals surface area contributed by atoms with Gasteiger partial charge in [0.25, 0.3) is 0 Å². The van der Waals surface area contributed by atoms with Gasteiger partial charge in [0, 0.05) is 10.6 Å². The molecule has 0 amide bonds. The van der Waals surface area contributed by atoms with Gasteiger partial charge in [0.05, 0.1) is 8.59 Å². The lowest BCUT2D eigenvalue weighted by Gasteiger charge is -2.09. The van der Waals surface area contributed by atoms with Crippen LogP contribution in [0.5, 0.6) is 5.75 Å². The van der Waals surface area contributed by atoms with Crippen LogP contribution in [-0.4, -0.2) is 18.5 Å². The van der Waals surface area contributed by atoms with Crippen molar-refractivity contribution >= 4 is 57.7 Å². The molecule has 19 heavy (non-hydrogen) atoms. The Kier molecular flexibility index (Phi) is 6.09. The van der Waals surface area contributed by atoms with Crippen LogP contribution < -0.4 is 4.74 Å². The average Bonchev–Trinajstić information content (AvgIpc) is 2.30. The topological polar surface area (TPSA) is 52.6 Å². The normalized spacial score (nSPS) is 9.89. The molecule has 0 aliphatic rings. The van der Waals surface area contributed by atoms with Gasteiger partial charge in [0.2, 0.25) is 0 Å². The zero-order chi connectivity index (χ0) is 14.6. The molecule has 0 heterocycles. The number of hydrogen-bond donors (Lipinski definition) is 0. The first kappa shape index (κ1) is 16.3. The number of halogens is 3. The zero-order valence-electron chi connectivity index (χ0n) is 9.84. The molecule has 0 N–H and O–H groups in total. The van der Waals surface area contributed by atoms with Gasteiger partial charge < -0.3 is 9.47 Å². The first-order chi connectivity index (χ1) is 8.81. The average molecular weight is 415 g/mol. The highest BCUT2D eigenvalue weighted by Crippen LogP contribution is 2.33. The van der Waals surface area contributed by atoms with E-state index in [0.717, 1.165) is 0 Å². The van der Waals surface area contributed by atoms with Gasteiger partial charge in [-0.15, -0.1) is 0 Å². The fraction of sp³-hybridized carbons (Fsp3) is 0.167. The van der Waals surface area contributed by atoms with Gasteiger partial charge in [-0.25, -0.2) is 9.59 Å². The largest absolute Gasteiger partial charge is 0.450 e. The van der Waals surface area contributed by atoms with Crippen molar-refractivity contribution in [3.05, 3.63) is 37.9 Å². The molecule has 1 aromatic rings. The Balaban J connectivity index is 2.68. The summed E-state index contributed by atoms with van der Waals surface area (Å²) in [5, 5.41) is 0.638. The van der Waals surface area contributed by atoms with Crippen LogP contribution in [0.3, 0.4) is 0 Å². The van der Waals surface area contributed by atoms with Gasteiger partial charge >= 0.3 is 11.9 Å². The van der Waals surface area contributed by atoms with Crippen molar-refractivity contribution in [2.75, 3.05) is 6.61 Å². The number of rotatable bonds is 4. The monoisotopic (exact) mass is 414 g/mol. The zero-order valence-corrected chi connectivity index (χ0v) is 13.5. The second kappa shape index (κ2) is 7.12. The number of benzene rings is 1. The summed E-state index contributed by atoms with van der Waals surface area (Å²) in [5.41, 5.74) is 0.201. The Morgan fingerprint density at radius 1 is 1.37 bits per heavy atom. The second-order valence-corrected chi connectivity index (χ2v) is 5.53. The van der Waals surface area contributed by atoms with E-state index in [9.17, 15) is 9.59 Å². The summed E-state index contributed by atoms with van der Waals surface area (Å²) in [6, 6.07) is 3.05. The standard InChI is InChI=1S/C12H9Cl2IO4/c1-6(2)12(17)18-5-10(16)19-11-8(14)3-7(13)4-9(11)15/h3-4H,1,5H2,2H3. The van der Waals surface area contributed by atoms with E-state index in [4.69, 9.17) is 27.9 Å². The number of carbonyl (C=O) groups excluding carboxylic acids is 2. The van der Waals surface area contributed by atoms with Crippen molar-refractivity contribution in [1.29, 1.82) is 0 Å². The van der Waals surface area contributed by atoms with Crippen LogP contribution >= 0.6 is 45.8 Å². The minimum absolute atomic E-state index is 0.183. The Labute approximate surface area is 133 Å². The van der Waals surface area contributed by atoms with Gasteiger partial charge in [0.1, 0.15) is 0 Å². The first-order valence-corrected chi connectivity index (χ1v) is 6.82. The van der Waals surface area contributed by atoms with E-state index in [0.29, 0.717) is 8.59 Å². The lowest BCUT2D eigenvalue weighted by Crippen LogP contribution is -2.19. The smallest absolute Gasteiger partial charge is 0.349 e. The maximum absolute atomic E-state index is 11.5. The Bertz CT molecular complexity index is 520. The number of carbonyl (C=O) groups is 2. The van der Waals surface area contributed by atoms with Crippen LogP contribution in [0, 0.1) is 3.57 Å². The molecule has 0 aromatic heterocycles. The summed E-state index contributed by atoms with van der Waals surface area (Å²) in [6.45, 7) is 4.36. The molecular weight excluding hydrogens is 406 g/mol. The summed E-state index contributed by atoms with van der Waals surface area (Å²) in [7, 11) is 0. The van der Waals surface area contributed by atoms with E-state index in [1.54, 1.807) is 6.07 Å². The predicted molar refractivity (Wildman–Crippen MR) is 80.6 cm³/mol. The third-order valence-corrected chi connectivity index (χ3v) is 3.15. The molecule has 0 aliphatic carbocycles. The van der Waals surface area contributed by atoms with Gasteiger partial charge in [-0.2, -0.15) is 0 Å². The summed E-state index contributed by atoms with van der Waals surface area (Å²) >= 11 is 13.6. The third-order valence-electron chi connectivity index (χ3n) is 1.85. The van der Waals surface area contributed by atoms with Crippen LogP contribution in [0.25, 0.3) is 0 Å². The van der Waals surface area contributed by atoms with E-state index in [-0.39, 0.29) is 16.3 Å². The molecule has 0 spiro atoms. The summed E-state index contributed by atoms with van der Waals surface area (Å²) < 4.78 is 10.3. The van der Waals surface area contributed by atoms with Crippen LogP contribution in [0.2, 0.25) is 10.0 Å². The molecule has 0 atom stereocenters. The molecule has 0 radical (unpaired) electrons. The van der Waals surface area contributed by atoms with Gasteiger partial charge in [-0.05, 0) is 41.6 Å². The fourth-order valence-corrected chi connectivity index (χ4v) is 2.63. The van der Waals surface area contributed by atoms with Crippen LogP contribution in [0.15, 0.2) is 24.3 Å². The van der Waals surface area contributed by atoms with E-state index in [1.165, 1.54) is 13.0 Å². The third kappa shape index (κ3) is 5.00. The summed E-state index contributed by atoms with van der Waals surface area (Å²) in [5.74, 6) is -1.21. The molecule has 0 bridgehead atoms. The van der Waals surface area contributed by atoms with E-state index in [1.807, 2.05) is 22.6 Å². The molecule has 4 nitrogen and oxygen atoms in total. The molecule has 0 fully saturated rings. The molecular formula is C12H9Cl2IO4. The lowest BCUT2D eigenvalue weighted by atomic mass is 10.3. The highest BCUT2D eigenvalue weighted by molar-refractivity contribution is 14.1. The molecule has 102 valence electrons. The molecule has 1 aromatic carbocycles. The van der Waals surface area contributed by atoms with Crippen molar-refractivity contribution in [1.82, 2.24) is 0 Å². The van der Waals surface area contributed by atoms with Crippen LogP contribution in [0.1, 0.15) is 6.92 Å². The molecule has 0 saturated heterocycles. The van der Waals surface area contributed by atoms with Gasteiger partial charge in [-0.1, -0.05) is 29.8 Å². The van der Waals surface area contributed by atoms with Crippen molar-refractivity contribution < 1.29 is 19.1 Å².